The molecule has 1 atom stereocenters. The highest BCUT2D eigenvalue weighted by atomic mass is 35.5. The smallest absolute Gasteiger partial charge is 0.317 e. The van der Waals surface area contributed by atoms with Gasteiger partial charge in [0.1, 0.15) is 0 Å². The molecule has 3 aromatic carbocycles. The maximum absolute atomic E-state index is 12.7. The molecule has 1 heterocycles. The van der Waals surface area contributed by atoms with Gasteiger partial charge in [-0.3, -0.25) is 4.57 Å². The second kappa shape index (κ2) is 11.8. The summed E-state index contributed by atoms with van der Waals surface area (Å²) in [5, 5.41) is 13.9. The van der Waals surface area contributed by atoms with E-state index in [1.54, 1.807) is 38.0 Å². The molecule has 1 unspecified atom stereocenters. The Balaban J connectivity index is 1.77. The van der Waals surface area contributed by atoms with Crippen LogP contribution >= 0.6 is 35.0 Å². The van der Waals surface area contributed by atoms with Gasteiger partial charge in [-0.25, -0.2) is 4.79 Å². The van der Waals surface area contributed by atoms with Gasteiger partial charge in [0.25, 0.3) is 0 Å². The third-order valence-electron chi connectivity index (χ3n) is 5.56. The molecule has 4 rings (SSSR count). The van der Waals surface area contributed by atoms with Crippen molar-refractivity contribution >= 4 is 41.0 Å². The largest absolute Gasteiger partial charge is 0.331 e. The van der Waals surface area contributed by atoms with Crippen LogP contribution in [-0.2, 0) is 12.2 Å². The van der Waals surface area contributed by atoms with Gasteiger partial charge in [-0.05, 0) is 36.2 Å². The van der Waals surface area contributed by atoms with Crippen LogP contribution in [0, 0.1) is 6.92 Å². The summed E-state index contributed by atoms with van der Waals surface area (Å²) in [4.78, 5) is 14.2. The molecule has 0 saturated carbocycles. The molecule has 0 aliphatic carbocycles. The van der Waals surface area contributed by atoms with Gasteiger partial charge < -0.3 is 10.2 Å². The zero-order valence-electron chi connectivity index (χ0n) is 20.3. The molecule has 2 amide bonds. The zero-order valence-corrected chi connectivity index (χ0v) is 22.6. The Labute approximate surface area is 225 Å². The fourth-order valence-electron chi connectivity index (χ4n) is 3.77. The Hall–Kier alpha value is -3.00. The summed E-state index contributed by atoms with van der Waals surface area (Å²) in [6.45, 7) is 2.07. The third-order valence-corrected chi connectivity index (χ3v) is 7.10. The maximum atomic E-state index is 12.7. The zero-order chi connectivity index (χ0) is 25.7. The van der Waals surface area contributed by atoms with Gasteiger partial charge in [0, 0.05) is 31.3 Å². The summed E-state index contributed by atoms with van der Waals surface area (Å²) in [7, 11) is 3.41. The summed E-state index contributed by atoms with van der Waals surface area (Å²) in [5.74, 6) is 1.29. The Morgan fingerprint density at radius 2 is 1.75 bits per heavy atom. The van der Waals surface area contributed by atoms with Crippen LogP contribution in [0.2, 0.25) is 10.0 Å². The Morgan fingerprint density at radius 1 is 1.00 bits per heavy atom. The van der Waals surface area contributed by atoms with Crippen LogP contribution in [-0.4, -0.2) is 39.8 Å². The lowest BCUT2D eigenvalue weighted by Gasteiger charge is -2.22. The number of amides is 2. The molecule has 0 aliphatic heterocycles. The second-order valence-electron chi connectivity index (χ2n) is 8.64. The minimum absolute atomic E-state index is 0.221. The van der Waals surface area contributed by atoms with Crippen LogP contribution in [0.5, 0.6) is 0 Å². The van der Waals surface area contributed by atoms with E-state index in [0.717, 1.165) is 5.56 Å². The second-order valence-corrected chi connectivity index (χ2v) is 10.4. The molecule has 0 aliphatic rings. The number of nitrogens with zero attached hydrogens (tertiary/aromatic N) is 4. The predicted molar refractivity (Wildman–Crippen MR) is 147 cm³/mol. The van der Waals surface area contributed by atoms with Crippen molar-refractivity contribution in [1.29, 1.82) is 0 Å². The molecule has 0 saturated heterocycles. The quantitative estimate of drug-likeness (QED) is 0.252. The van der Waals surface area contributed by atoms with E-state index in [-0.39, 0.29) is 6.03 Å². The van der Waals surface area contributed by atoms with Gasteiger partial charge in [0.2, 0.25) is 0 Å². The van der Waals surface area contributed by atoms with Crippen molar-refractivity contribution in [3.8, 4) is 5.69 Å². The topological polar surface area (TPSA) is 63.1 Å². The standard InChI is InChI=1S/C27H27Cl2N5OS/c1-18-8-7-11-20(14-18)17-36-27-32-31-25(34(27)24-13-12-21(28)16-22(24)29)23(30-26(35)33(2)3)15-19-9-5-4-6-10-19/h4-14,16,23H,15,17H2,1-3H3,(H,30,35). The number of thioether (sulfide) groups is 1. The fraction of sp³-hybridized carbons (Fsp3) is 0.222. The van der Waals surface area contributed by atoms with E-state index < -0.39 is 6.04 Å². The summed E-state index contributed by atoms with van der Waals surface area (Å²) in [5.41, 5.74) is 4.14. The summed E-state index contributed by atoms with van der Waals surface area (Å²) in [6.07, 6.45) is 0.534. The van der Waals surface area contributed by atoms with Gasteiger partial charge in [-0.15, -0.1) is 10.2 Å². The van der Waals surface area contributed by atoms with E-state index in [1.165, 1.54) is 16.0 Å². The SMILES string of the molecule is Cc1cccc(CSc2nnc(C(Cc3ccccc3)NC(=O)N(C)C)n2-c2ccc(Cl)cc2Cl)c1. The number of rotatable bonds is 8. The third kappa shape index (κ3) is 6.40. The summed E-state index contributed by atoms with van der Waals surface area (Å²) < 4.78 is 1.92. The Bertz CT molecular complexity index is 1340. The van der Waals surface area contributed by atoms with Crippen molar-refractivity contribution in [2.75, 3.05) is 14.1 Å². The molecule has 0 radical (unpaired) electrons. The minimum Gasteiger partial charge on any atom is -0.331 e. The average Bonchev–Trinajstić information content (AvgIpc) is 3.26. The number of aryl methyl sites for hydroxylation is 1. The first-order valence-electron chi connectivity index (χ1n) is 11.4. The molecule has 9 heteroatoms. The number of hydrogen-bond donors (Lipinski definition) is 1. The van der Waals surface area contributed by atoms with Crippen LogP contribution in [0.1, 0.15) is 28.6 Å². The first-order valence-corrected chi connectivity index (χ1v) is 13.2. The number of urea groups is 1. The minimum atomic E-state index is -0.449. The van der Waals surface area contributed by atoms with Gasteiger partial charge in [-0.1, -0.05) is 95.1 Å². The lowest BCUT2D eigenvalue weighted by Crippen LogP contribution is -2.39. The Kier molecular flexibility index (Phi) is 8.56. The first-order chi connectivity index (χ1) is 17.3. The van der Waals surface area contributed by atoms with E-state index in [9.17, 15) is 4.79 Å². The molecule has 4 aromatic rings. The van der Waals surface area contributed by atoms with Crippen LogP contribution in [0.25, 0.3) is 5.69 Å². The molecule has 186 valence electrons. The van der Waals surface area contributed by atoms with Crippen LogP contribution < -0.4 is 5.32 Å². The summed E-state index contributed by atoms with van der Waals surface area (Å²) in [6, 6.07) is 23.0. The molecule has 6 nitrogen and oxygen atoms in total. The van der Waals surface area contributed by atoms with E-state index in [1.807, 2.05) is 47.0 Å². The van der Waals surface area contributed by atoms with Crippen LogP contribution in [0.3, 0.4) is 0 Å². The number of carbonyl (C=O) groups excluding carboxylic acids is 1. The molecular weight excluding hydrogens is 513 g/mol. The monoisotopic (exact) mass is 539 g/mol. The Morgan fingerprint density at radius 3 is 2.44 bits per heavy atom. The number of aromatic nitrogens is 3. The number of carbonyl (C=O) groups is 1. The first kappa shape index (κ1) is 26.1. The van der Waals surface area contributed by atoms with E-state index in [2.05, 4.69) is 40.6 Å². The molecule has 0 spiro atoms. The maximum Gasteiger partial charge on any atom is 0.317 e. The molecule has 0 bridgehead atoms. The number of halogens is 2. The molecule has 1 aromatic heterocycles. The van der Waals surface area contributed by atoms with Crippen molar-refractivity contribution < 1.29 is 4.79 Å². The van der Waals surface area contributed by atoms with Gasteiger partial charge >= 0.3 is 6.03 Å². The molecule has 0 fully saturated rings. The molecule has 36 heavy (non-hydrogen) atoms. The van der Waals surface area contributed by atoms with E-state index in [0.29, 0.717) is 38.9 Å². The lowest BCUT2D eigenvalue weighted by atomic mass is 10.1. The van der Waals surface area contributed by atoms with Gasteiger partial charge in [0.15, 0.2) is 11.0 Å². The lowest BCUT2D eigenvalue weighted by molar-refractivity contribution is 0.212. The van der Waals surface area contributed by atoms with Crippen molar-refractivity contribution in [1.82, 2.24) is 25.0 Å². The molecule has 1 N–H and O–H groups in total. The number of benzene rings is 3. The molecular formula is C27H27Cl2N5OS. The number of nitrogens with one attached hydrogen (secondary N) is 1. The predicted octanol–water partition coefficient (Wildman–Crippen LogP) is 6.73. The highest BCUT2D eigenvalue weighted by Gasteiger charge is 2.26. The van der Waals surface area contributed by atoms with E-state index in [4.69, 9.17) is 23.2 Å². The highest BCUT2D eigenvalue weighted by molar-refractivity contribution is 7.98. The van der Waals surface area contributed by atoms with Crippen molar-refractivity contribution in [3.05, 3.63) is 105 Å². The fourth-order valence-corrected chi connectivity index (χ4v) is 5.16. The van der Waals surface area contributed by atoms with E-state index >= 15 is 0 Å². The number of hydrogen-bond acceptors (Lipinski definition) is 4. The van der Waals surface area contributed by atoms with Crippen molar-refractivity contribution in [3.63, 3.8) is 0 Å². The van der Waals surface area contributed by atoms with Crippen molar-refractivity contribution in [2.24, 2.45) is 0 Å². The normalized spacial score (nSPS) is 11.8. The van der Waals surface area contributed by atoms with Gasteiger partial charge in [0.05, 0.1) is 16.8 Å². The highest BCUT2D eigenvalue weighted by Crippen LogP contribution is 2.33. The van der Waals surface area contributed by atoms with Crippen LogP contribution in [0.4, 0.5) is 4.79 Å². The summed E-state index contributed by atoms with van der Waals surface area (Å²) >= 11 is 14.4. The van der Waals surface area contributed by atoms with Crippen LogP contribution in [0.15, 0.2) is 78.0 Å². The average molecular weight is 541 g/mol. The van der Waals surface area contributed by atoms with Gasteiger partial charge in [-0.2, -0.15) is 0 Å². The van der Waals surface area contributed by atoms with Crippen molar-refractivity contribution in [2.45, 2.75) is 30.3 Å².